The lowest BCUT2D eigenvalue weighted by molar-refractivity contribution is -0.125. The minimum atomic E-state index is -3.80. The maximum atomic E-state index is 13.8. The summed E-state index contributed by atoms with van der Waals surface area (Å²) in [5.41, 5.74) is 5.10. The van der Waals surface area contributed by atoms with Crippen molar-refractivity contribution >= 4 is 44.2 Å². The van der Waals surface area contributed by atoms with Crippen LogP contribution in [0.25, 0.3) is 5.70 Å². The Hall–Kier alpha value is -3.36. The highest BCUT2D eigenvalue weighted by atomic mass is 32.2. The Labute approximate surface area is 209 Å². The summed E-state index contributed by atoms with van der Waals surface area (Å²) in [5, 5.41) is 0.673. The number of para-hydroxylation sites is 1. The van der Waals surface area contributed by atoms with Crippen molar-refractivity contribution in [1.82, 2.24) is 4.90 Å². The summed E-state index contributed by atoms with van der Waals surface area (Å²) in [6, 6.07) is 24.1. The number of hydrogen-bond acceptors (Lipinski definition) is 5. The number of amides is 1. The molecule has 1 amide bonds. The van der Waals surface area contributed by atoms with Crippen molar-refractivity contribution in [2.24, 2.45) is 4.99 Å². The van der Waals surface area contributed by atoms with Gasteiger partial charge in [0.25, 0.3) is 10.0 Å². The molecule has 1 fully saturated rings. The predicted molar refractivity (Wildman–Crippen MR) is 140 cm³/mol. The molecule has 35 heavy (non-hydrogen) atoms. The monoisotopic (exact) mass is 501 g/mol. The van der Waals surface area contributed by atoms with E-state index < -0.39 is 10.0 Å². The molecule has 0 aromatic heterocycles. The van der Waals surface area contributed by atoms with Gasteiger partial charge >= 0.3 is 0 Å². The molecule has 0 bridgehead atoms. The fourth-order valence-corrected chi connectivity index (χ4v) is 7.34. The molecular weight excluding hydrogens is 478 g/mol. The first-order valence-electron chi connectivity index (χ1n) is 11.5. The molecule has 1 atom stereocenters. The normalized spacial score (nSPS) is 19.6. The number of benzene rings is 3. The van der Waals surface area contributed by atoms with Crippen LogP contribution in [-0.2, 0) is 14.8 Å². The van der Waals surface area contributed by atoms with E-state index in [1.165, 1.54) is 16.1 Å². The predicted octanol–water partition coefficient (Wildman–Crippen LogP) is 4.99. The van der Waals surface area contributed by atoms with Gasteiger partial charge in [-0.2, -0.15) is 0 Å². The fraction of sp³-hybridized carbons (Fsp3) is 0.185. The van der Waals surface area contributed by atoms with Crippen LogP contribution in [0.3, 0.4) is 0 Å². The van der Waals surface area contributed by atoms with Crippen molar-refractivity contribution in [1.29, 1.82) is 0 Å². The number of anilines is 1. The van der Waals surface area contributed by atoms with Gasteiger partial charge in [-0.1, -0.05) is 78.0 Å². The molecule has 6 rings (SSSR count). The summed E-state index contributed by atoms with van der Waals surface area (Å²) >= 11 is 1.43. The smallest absolute Gasteiger partial charge is 0.264 e. The van der Waals surface area contributed by atoms with E-state index in [-0.39, 0.29) is 23.4 Å². The highest BCUT2D eigenvalue weighted by Crippen LogP contribution is 2.48. The van der Waals surface area contributed by atoms with E-state index in [1.54, 1.807) is 17.0 Å². The lowest BCUT2D eigenvalue weighted by Gasteiger charge is -2.34. The molecule has 176 valence electrons. The Kier molecular flexibility index (Phi) is 5.30. The Morgan fingerprint density at radius 1 is 0.943 bits per heavy atom. The van der Waals surface area contributed by atoms with Gasteiger partial charge < -0.3 is 0 Å². The molecule has 1 saturated heterocycles. The number of nitrogens with zero attached hydrogens (tertiary/aromatic N) is 3. The van der Waals surface area contributed by atoms with Gasteiger partial charge in [0.05, 0.1) is 28.1 Å². The van der Waals surface area contributed by atoms with Crippen molar-refractivity contribution in [2.45, 2.75) is 24.3 Å². The number of carbonyl (C=O) groups excluding carboxylic acids is 1. The Bertz CT molecular complexity index is 1500. The quantitative estimate of drug-likeness (QED) is 0.507. The zero-order valence-corrected chi connectivity index (χ0v) is 20.7. The van der Waals surface area contributed by atoms with Crippen molar-refractivity contribution in [2.75, 3.05) is 16.6 Å². The standard InChI is InChI=1S/C27H23N3O3S2/c1-18-11-13-20(14-12-18)35(32,33)29-16-15-22-25(21-9-5-6-10-23(21)29)28-27-30(24(31)17-34-27)26(22)19-7-3-2-4-8-19/h2-14,26H,15-17H2,1H3. The van der Waals surface area contributed by atoms with Crippen LogP contribution in [0.2, 0.25) is 0 Å². The minimum Gasteiger partial charge on any atom is -0.279 e. The molecule has 0 N–H and O–H groups in total. The van der Waals surface area contributed by atoms with Crippen LogP contribution in [0.1, 0.15) is 29.2 Å². The molecule has 3 aromatic rings. The van der Waals surface area contributed by atoms with Gasteiger partial charge in [0.2, 0.25) is 5.91 Å². The first-order valence-corrected chi connectivity index (χ1v) is 13.9. The second-order valence-corrected chi connectivity index (χ2v) is 11.6. The highest BCUT2D eigenvalue weighted by Gasteiger charge is 2.43. The first kappa shape index (κ1) is 22.1. The van der Waals surface area contributed by atoms with E-state index in [9.17, 15) is 13.2 Å². The van der Waals surface area contributed by atoms with E-state index >= 15 is 0 Å². The average Bonchev–Trinajstić information content (AvgIpc) is 3.15. The van der Waals surface area contributed by atoms with Gasteiger partial charge in [-0.25, -0.2) is 13.4 Å². The molecular formula is C27H23N3O3S2. The average molecular weight is 502 g/mol. The molecule has 0 spiro atoms. The number of aliphatic imine (C=N–C) groups is 1. The number of aryl methyl sites for hydroxylation is 1. The highest BCUT2D eigenvalue weighted by molar-refractivity contribution is 8.15. The van der Waals surface area contributed by atoms with Crippen LogP contribution in [-0.4, -0.2) is 36.7 Å². The van der Waals surface area contributed by atoms with E-state index in [1.807, 2.05) is 73.7 Å². The lowest BCUT2D eigenvalue weighted by Crippen LogP contribution is -2.38. The molecule has 3 heterocycles. The third-order valence-corrected chi connectivity index (χ3v) is 9.40. The van der Waals surface area contributed by atoms with Gasteiger partial charge in [0, 0.05) is 12.1 Å². The second kappa shape index (κ2) is 8.39. The summed E-state index contributed by atoms with van der Waals surface area (Å²) < 4.78 is 29.1. The van der Waals surface area contributed by atoms with E-state index in [0.29, 0.717) is 23.0 Å². The van der Waals surface area contributed by atoms with E-state index in [4.69, 9.17) is 4.99 Å². The van der Waals surface area contributed by atoms with Gasteiger partial charge in [0.1, 0.15) is 0 Å². The molecule has 3 aliphatic rings. The maximum absolute atomic E-state index is 13.8. The number of sulfonamides is 1. The molecule has 0 saturated carbocycles. The van der Waals surface area contributed by atoms with Crippen LogP contribution in [0.15, 0.2) is 94.3 Å². The van der Waals surface area contributed by atoms with E-state index in [0.717, 1.165) is 28.0 Å². The number of carbonyl (C=O) groups is 1. The Balaban J connectivity index is 1.53. The molecule has 0 aliphatic carbocycles. The summed E-state index contributed by atoms with van der Waals surface area (Å²) in [6.07, 6.45) is 0.458. The fourth-order valence-electron chi connectivity index (χ4n) is 4.96. The Morgan fingerprint density at radius 2 is 1.66 bits per heavy atom. The number of rotatable bonds is 3. The summed E-state index contributed by atoms with van der Waals surface area (Å²) in [5.74, 6) is 0.383. The first-order chi connectivity index (χ1) is 16.9. The second-order valence-electron chi connectivity index (χ2n) is 8.79. The minimum absolute atomic E-state index is 0.0239. The summed E-state index contributed by atoms with van der Waals surface area (Å²) in [6.45, 7) is 2.19. The van der Waals surface area contributed by atoms with Gasteiger partial charge in [-0.3, -0.25) is 14.0 Å². The summed E-state index contributed by atoms with van der Waals surface area (Å²) in [7, 11) is -3.80. The van der Waals surface area contributed by atoms with Gasteiger partial charge in [-0.05, 0) is 42.7 Å². The van der Waals surface area contributed by atoms with Crippen LogP contribution in [0.4, 0.5) is 5.69 Å². The summed E-state index contributed by atoms with van der Waals surface area (Å²) in [4.78, 5) is 19.9. The van der Waals surface area contributed by atoms with Gasteiger partial charge in [-0.15, -0.1) is 0 Å². The van der Waals surface area contributed by atoms with Crippen molar-refractivity contribution in [3.05, 3.63) is 101 Å². The topological polar surface area (TPSA) is 70.0 Å². The molecule has 8 heteroatoms. The zero-order valence-electron chi connectivity index (χ0n) is 19.1. The van der Waals surface area contributed by atoms with Crippen molar-refractivity contribution < 1.29 is 13.2 Å². The molecule has 1 unspecified atom stereocenters. The van der Waals surface area contributed by atoms with Crippen molar-refractivity contribution in [3.8, 4) is 0 Å². The third-order valence-electron chi connectivity index (χ3n) is 6.64. The van der Waals surface area contributed by atoms with Crippen LogP contribution < -0.4 is 4.31 Å². The molecule has 3 aromatic carbocycles. The number of thioether (sulfide) groups is 1. The van der Waals surface area contributed by atoms with E-state index in [2.05, 4.69) is 0 Å². The SMILES string of the molecule is Cc1ccc(S(=O)(=O)N2CCC3=C(N=C4SCC(=O)N4C3c3ccccc3)c3ccccc32)cc1. The Morgan fingerprint density at radius 3 is 2.43 bits per heavy atom. The maximum Gasteiger partial charge on any atom is 0.264 e. The third kappa shape index (κ3) is 3.59. The van der Waals surface area contributed by atoms with Crippen LogP contribution in [0, 0.1) is 6.92 Å². The molecule has 0 radical (unpaired) electrons. The van der Waals surface area contributed by atoms with Crippen LogP contribution in [0.5, 0.6) is 0 Å². The zero-order chi connectivity index (χ0) is 24.2. The largest absolute Gasteiger partial charge is 0.279 e. The molecule has 3 aliphatic heterocycles. The lowest BCUT2D eigenvalue weighted by atomic mass is 9.90. The van der Waals surface area contributed by atoms with Gasteiger partial charge in [0.15, 0.2) is 5.17 Å². The number of hydrogen-bond donors (Lipinski definition) is 0. The van der Waals surface area contributed by atoms with Crippen LogP contribution >= 0.6 is 11.8 Å². The molecule has 6 nitrogen and oxygen atoms in total. The number of fused-ring (bicyclic) bond motifs is 3. The number of amidine groups is 1. The van der Waals surface area contributed by atoms with Crippen molar-refractivity contribution in [3.63, 3.8) is 0 Å².